The van der Waals surface area contributed by atoms with Crippen molar-refractivity contribution in [3.63, 3.8) is 0 Å². The largest absolute Gasteiger partial charge is 0.316 e. The van der Waals surface area contributed by atoms with Crippen LogP contribution in [0.3, 0.4) is 0 Å². The van der Waals surface area contributed by atoms with E-state index >= 15 is 0 Å². The number of hydrogen-bond acceptors (Lipinski definition) is 2. The van der Waals surface area contributed by atoms with Crippen molar-refractivity contribution >= 4 is 0 Å². The molecule has 3 heteroatoms. The molecule has 3 nitrogen and oxygen atoms in total. The van der Waals surface area contributed by atoms with E-state index in [0.29, 0.717) is 0 Å². The van der Waals surface area contributed by atoms with E-state index in [4.69, 9.17) is 0 Å². The van der Waals surface area contributed by atoms with Gasteiger partial charge in [0.2, 0.25) is 0 Å². The number of nitrogens with zero attached hydrogens (tertiary/aromatic N) is 2. The molecule has 0 aliphatic heterocycles. The maximum atomic E-state index is 4.16. The summed E-state index contributed by atoms with van der Waals surface area (Å²) in [5.74, 6) is 0. The molecule has 0 bridgehead atoms. The summed E-state index contributed by atoms with van der Waals surface area (Å²) in [6.07, 6.45) is 3.90. The van der Waals surface area contributed by atoms with Crippen molar-refractivity contribution in [1.29, 1.82) is 0 Å². The Morgan fingerprint density at radius 3 is 2.47 bits per heavy atom. The van der Waals surface area contributed by atoms with Gasteiger partial charge in [-0.15, -0.1) is 0 Å². The number of benzene rings is 1. The van der Waals surface area contributed by atoms with E-state index in [1.165, 1.54) is 11.1 Å². The number of nitrogens with one attached hydrogen (secondary N) is 1. The van der Waals surface area contributed by atoms with Gasteiger partial charge in [0.1, 0.15) is 0 Å². The van der Waals surface area contributed by atoms with E-state index in [-0.39, 0.29) is 0 Å². The fourth-order valence-corrected chi connectivity index (χ4v) is 1.59. The average molecular weight is 201 g/mol. The summed E-state index contributed by atoms with van der Waals surface area (Å²) in [5, 5.41) is 7.29. The topological polar surface area (TPSA) is 29.9 Å². The van der Waals surface area contributed by atoms with Crippen LogP contribution in [0.4, 0.5) is 0 Å². The van der Waals surface area contributed by atoms with Crippen LogP contribution in [0.1, 0.15) is 5.56 Å². The molecule has 0 fully saturated rings. The Kier molecular flexibility index (Phi) is 2.83. The molecule has 1 N–H and O–H groups in total. The third kappa shape index (κ3) is 2.25. The van der Waals surface area contributed by atoms with Gasteiger partial charge in [-0.3, -0.25) is 4.68 Å². The van der Waals surface area contributed by atoms with Crippen molar-refractivity contribution in [2.75, 3.05) is 7.05 Å². The van der Waals surface area contributed by atoms with Crippen molar-refractivity contribution in [2.24, 2.45) is 7.05 Å². The Hall–Kier alpha value is -1.61. The third-order valence-electron chi connectivity index (χ3n) is 2.37. The Morgan fingerprint density at radius 2 is 1.93 bits per heavy atom. The zero-order valence-electron chi connectivity index (χ0n) is 9.07. The summed E-state index contributed by atoms with van der Waals surface area (Å²) in [7, 11) is 3.88. The summed E-state index contributed by atoms with van der Waals surface area (Å²) in [5.41, 5.74) is 3.67. The lowest BCUT2D eigenvalue weighted by molar-refractivity contribution is 0.768. The predicted molar refractivity (Wildman–Crippen MR) is 61.4 cm³/mol. The van der Waals surface area contributed by atoms with Crippen LogP contribution in [0.5, 0.6) is 0 Å². The lowest BCUT2D eigenvalue weighted by atomic mass is 10.1. The standard InChI is InChI=1S/C12H15N3/c1-13-7-10-3-5-11(6-4-10)12-8-14-15(2)9-12/h3-6,8-9,13H,7H2,1-2H3. The number of aromatic nitrogens is 2. The second-order valence-corrected chi connectivity index (χ2v) is 3.63. The van der Waals surface area contributed by atoms with E-state index < -0.39 is 0 Å². The Labute approximate surface area is 89.7 Å². The van der Waals surface area contributed by atoms with Crippen LogP contribution >= 0.6 is 0 Å². The number of rotatable bonds is 3. The lowest BCUT2D eigenvalue weighted by Gasteiger charge is -2.01. The molecule has 15 heavy (non-hydrogen) atoms. The van der Waals surface area contributed by atoms with Crippen LogP contribution in [0, 0.1) is 0 Å². The van der Waals surface area contributed by atoms with Crippen LogP contribution in [-0.4, -0.2) is 16.8 Å². The molecule has 0 unspecified atom stereocenters. The molecule has 0 saturated carbocycles. The highest BCUT2D eigenvalue weighted by molar-refractivity contribution is 5.61. The first-order chi connectivity index (χ1) is 7.29. The first-order valence-corrected chi connectivity index (χ1v) is 5.02. The molecule has 2 rings (SSSR count). The molecular weight excluding hydrogens is 186 g/mol. The van der Waals surface area contributed by atoms with Gasteiger partial charge in [-0.2, -0.15) is 5.10 Å². The third-order valence-corrected chi connectivity index (χ3v) is 2.37. The van der Waals surface area contributed by atoms with Crippen molar-refractivity contribution in [3.05, 3.63) is 42.2 Å². The SMILES string of the molecule is CNCc1ccc(-c2cnn(C)c2)cc1. The van der Waals surface area contributed by atoms with Crippen LogP contribution < -0.4 is 5.32 Å². The van der Waals surface area contributed by atoms with Gasteiger partial charge in [0.05, 0.1) is 6.20 Å². The molecule has 0 radical (unpaired) electrons. The van der Waals surface area contributed by atoms with Crippen LogP contribution in [-0.2, 0) is 13.6 Å². The molecule has 0 atom stereocenters. The molecule has 0 amide bonds. The highest BCUT2D eigenvalue weighted by Gasteiger charge is 1.99. The minimum Gasteiger partial charge on any atom is -0.316 e. The van der Waals surface area contributed by atoms with Crippen molar-refractivity contribution in [2.45, 2.75) is 6.54 Å². The minimum atomic E-state index is 0.910. The van der Waals surface area contributed by atoms with E-state index in [1.54, 1.807) is 0 Å². The molecule has 1 heterocycles. The molecule has 0 aliphatic carbocycles. The average Bonchev–Trinajstić information content (AvgIpc) is 2.67. The van der Waals surface area contributed by atoms with Gasteiger partial charge in [0.15, 0.2) is 0 Å². The van der Waals surface area contributed by atoms with Gasteiger partial charge >= 0.3 is 0 Å². The summed E-state index contributed by atoms with van der Waals surface area (Å²) in [6.45, 7) is 0.910. The maximum Gasteiger partial charge on any atom is 0.0568 e. The van der Waals surface area contributed by atoms with Crippen molar-refractivity contribution in [1.82, 2.24) is 15.1 Å². The number of hydrogen-bond donors (Lipinski definition) is 1. The summed E-state index contributed by atoms with van der Waals surface area (Å²) in [6, 6.07) is 8.53. The lowest BCUT2D eigenvalue weighted by Crippen LogP contribution is -2.04. The maximum absolute atomic E-state index is 4.16. The molecule has 1 aromatic heterocycles. The quantitative estimate of drug-likeness (QED) is 0.820. The Bertz CT molecular complexity index is 428. The van der Waals surface area contributed by atoms with Gasteiger partial charge in [0.25, 0.3) is 0 Å². The van der Waals surface area contributed by atoms with Crippen LogP contribution in [0.15, 0.2) is 36.7 Å². The zero-order chi connectivity index (χ0) is 10.7. The fraction of sp³-hybridized carbons (Fsp3) is 0.250. The monoisotopic (exact) mass is 201 g/mol. The second kappa shape index (κ2) is 4.28. The van der Waals surface area contributed by atoms with Gasteiger partial charge in [-0.25, -0.2) is 0 Å². The van der Waals surface area contributed by atoms with E-state index in [2.05, 4.69) is 34.7 Å². The van der Waals surface area contributed by atoms with E-state index in [0.717, 1.165) is 12.1 Å². The van der Waals surface area contributed by atoms with Gasteiger partial charge in [-0.05, 0) is 18.2 Å². The highest BCUT2D eigenvalue weighted by Crippen LogP contribution is 2.18. The molecule has 0 aliphatic rings. The van der Waals surface area contributed by atoms with Crippen LogP contribution in [0.2, 0.25) is 0 Å². The first kappa shape index (κ1) is 9.93. The molecule has 1 aromatic carbocycles. The van der Waals surface area contributed by atoms with E-state index in [1.807, 2.05) is 31.2 Å². The fourth-order valence-electron chi connectivity index (χ4n) is 1.59. The molecular formula is C12H15N3. The Balaban J connectivity index is 2.23. The molecule has 0 spiro atoms. The summed E-state index contributed by atoms with van der Waals surface area (Å²) >= 11 is 0. The molecule has 0 saturated heterocycles. The zero-order valence-corrected chi connectivity index (χ0v) is 9.07. The van der Waals surface area contributed by atoms with Crippen molar-refractivity contribution < 1.29 is 0 Å². The molecule has 78 valence electrons. The second-order valence-electron chi connectivity index (χ2n) is 3.63. The van der Waals surface area contributed by atoms with Crippen LogP contribution in [0.25, 0.3) is 11.1 Å². The normalized spacial score (nSPS) is 10.5. The smallest absolute Gasteiger partial charge is 0.0568 e. The van der Waals surface area contributed by atoms with E-state index in [9.17, 15) is 0 Å². The molecule has 2 aromatic rings. The van der Waals surface area contributed by atoms with Gasteiger partial charge < -0.3 is 5.32 Å². The Morgan fingerprint density at radius 1 is 1.20 bits per heavy atom. The summed E-state index contributed by atoms with van der Waals surface area (Å²) < 4.78 is 1.82. The van der Waals surface area contributed by atoms with Crippen molar-refractivity contribution in [3.8, 4) is 11.1 Å². The first-order valence-electron chi connectivity index (χ1n) is 5.02. The minimum absolute atomic E-state index is 0.910. The van der Waals surface area contributed by atoms with Gasteiger partial charge in [-0.1, -0.05) is 24.3 Å². The highest BCUT2D eigenvalue weighted by atomic mass is 15.2. The summed E-state index contributed by atoms with van der Waals surface area (Å²) in [4.78, 5) is 0. The number of aryl methyl sites for hydroxylation is 1. The predicted octanol–water partition coefficient (Wildman–Crippen LogP) is 1.81. The van der Waals surface area contributed by atoms with Gasteiger partial charge in [0, 0.05) is 25.4 Å².